The van der Waals surface area contributed by atoms with E-state index in [4.69, 9.17) is 19.9 Å². The number of ether oxygens (including phenoxy) is 3. The molecule has 2 N–H and O–H groups in total. The zero-order chi connectivity index (χ0) is 28.0. The largest absolute Gasteiger partial charge is 0.443 e. The van der Waals surface area contributed by atoms with Crippen LogP contribution in [0.2, 0.25) is 0 Å². The Balaban J connectivity index is 1.81. The molecular weight excluding hydrogens is 504 g/mol. The summed E-state index contributed by atoms with van der Waals surface area (Å²) in [5.74, 6) is -2.09. The first-order valence-electron chi connectivity index (χ1n) is 13.0. The van der Waals surface area contributed by atoms with E-state index in [9.17, 15) is 4.79 Å². The van der Waals surface area contributed by atoms with E-state index in [0.29, 0.717) is 24.9 Å². The molecule has 2 unspecified atom stereocenters. The van der Waals surface area contributed by atoms with Gasteiger partial charge in [0.2, 0.25) is 11.6 Å². The van der Waals surface area contributed by atoms with E-state index in [1.807, 2.05) is 30.3 Å². The van der Waals surface area contributed by atoms with Gasteiger partial charge in [0, 0.05) is 45.1 Å². The number of benzene rings is 2. The molecule has 39 heavy (non-hydrogen) atoms. The van der Waals surface area contributed by atoms with Crippen LogP contribution in [-0.4, -0.2) is 56.0 Å². The van der Waals surface area contributed by atoms with Crippen LogP contribution in [-0.2, 0) is 24.7 Å². The third-order valence-corrected chi connectivity index (χ3v) is 7.24. The number of allylic oxidation sites excluding steroid dienone is 4. The highest BCUT2D eigenvalue weighted by atomic mass is 19.1. The highest BCUT2D eigenvalue weighted by Crippen LogP contribution is 2.44. The molecule has 0 aromatic heterocycles. The molecule has 0 fully saturated rings. The first kappa shape index (κ1) is 28.6. The van der Waals surface area contributed by atoms with Gasteiger partial charge in [-0.3, -0.25) is 4.79 Å². The number of hydrogen-bond acceptors (Lipinski definition) is 6. The second-order valence-electron chi connectivity index (χ2n) is 9.68. The molecule has 4 atom stereocenters. The zero-order valence-electron chi connectivity index (χ0n) is 22.5. The van der Waals surface area contributed by atoms with E-state index in [-0.39, 0.29) is 30.1 Å². The van der Waals surface area contributed by atoms with E-state index >= 15 is 8.78 Å². The number of hydrazone groups is 1. The molecule has 208 valence electrons. The highest BCUT2D eigenvalue weighted by molar-refractivity contribution is 5.98. The van der Waals surface area contributed by atoms with Crippen molar-refractivity contribution in [3.63, 3.8) is 0 Å². The summed E-state index contributed by atoms with van der Waals surface area (Å²) < 4.78 is 49.2. The van der Waals surface area contributed by atoms with Crippen LogP contribution < -0.4 is 5.73 Å². The number of methoxy groups -OCH3 is 2. The van der Waals surface area contributed by atoms with Crippen LogP contribution in [0.15, 0.2) is 77.9 Å². The Hall–Kier alpha value is -3.40. The number of carbonyl (C=O) groups is 1. The minimum atomic E-state index is -1.84. The minimum absolute atomic E-state index is 0.0259. The van der Waals surface area contributed by atoms with Gasteiger partial charge in [0.1, 0.15) is 17.6 Å². The summed E-state index contributed by atoms with van der Waals surface area (Å²) in [4.78, 5) is 13.5. The van der Waals surface area contributed by atoms with Crippen LogP contribution in [0.25, 0.3) is 0 Å². The van der Waals surface area contributed by atoms with E-state index in [1.165, 1.54) is 31.4 Å². The molecule has 0 saturated carbocycles. The van der Waals surface area contributed by atoms with Crippen molar-refractivity contribution < 1.29 is 27.8 Å². The van der Waals surface area contributed by atoms with Gasteiger partial charge in [-0.25, -0.2) is 8.78 Å². The van der Waals surface area contributed by atoms with E-state index < -0.39 is 35.1 Å². The van der Waals surface area contributed by atoms with Crippen molar-refractivity contribution in [2.45, 2.75) is 49.6 Å². The number of nitrogens with zero attached hydrogens (tertiary/aromatic N) is 2. The molecule has 1 heterocycles. The minimum Gasteiger partial charge on any atom is -0.443 e. The number of halogens is 2. The molecule has 2 aromatic rings. The first-order chi connectivity index (χ1) is 18.8. The zero-order valence-corrected chi connectivity index (χ0v) is 22.5. The summed E-state index contributed by atoms with van der Waals surface area (Å²) in [6.07, 6.45) is 6.44. The molecule has 7 nitrogen and oxygen atoms in total. The molecule has 2 aromatic carbocycles. The molecule has 0 radical (unpaired) electrons. The third-order valence-electron chi connectivity index (χ3n) is 7.24. The molecule has 0 spiro atoms. The molecule has 0 bridgehead atoms. The summed E-state index contributed by atoms with van der Waals surface area (Å²) in [5.41, 5.74) is 3.48. The Bertz CT molecular complexity index is 1250. The SMILES string of the molecule is COCC[C@]1(F)C=CC=CC1c1cccc(C2=NN(C(=O)[C@H](C)OC)C(CCCN)(c3ccccc3)O2)c1F. The quantitative estimate of drug-likeness (QED) is 0.438. The van der Waals surface area contributed by atoms with Crippen LogP contribution in [0.1, 0.15) is 48.8 Å². The van der Waals surface area contributed by atoms with Crippen molar-refractivity contribution in [3.8, 4) is 0 Å². The lowest BCUT2D eigenvalue weighted by molar-refractivity contribution is -0.162. The average molecular weight is 540 g/mol. The number of nitrogens with two attached hydrogens (primary N) is 1. The Morgan fingerprint density at radius 2 is 1.92 bits per heavy atom. The highest BCUT2D eigenvalue weighted by Gasteiger charge is 2.51. The van der Waals surface area contributed by atoms with Crippen molar-refractivity contribution in [1.82, 2.24) is 5.01 Å². The van der Waals surface area contributed by atoms with Crippen LogP contribution >= 0.6 is 0 Å². The number of amides is 1. The summed E-state index contributed by atoms with van der Waals surface area (Å²) >= 11 is 0. The summed E-state index contributed by atoms with van der Waals surface area (Å²) in [6, 6.07) is 13.9. The number of rotatable bonds is 11. The van der Waals surface area contributed by atoms with Gasteiger partial charge < -0.3 is 19.9 Å². The predicted octanol–water partition coefficient (Wildman–Crippen LogP) is 4.93. The molecule has 0 saturated heterocycles. The fourth-order valence-electron chi connectivity index (χ4n) is 5.00. The normalized spacial score (nSPS) is 24.9. The predicted molar refractivity (Wildman–Crippen MR) is 145 cm³/mol. The van der Waals surface area contributed by atoms with E-state index in [2.05, 4.69) is 5.10 Å². The van der Waals surface area contributed by atoms with Gasteiger partial charge in [0.25, 0.3) is 5.91 Å². The summed E-state index contributed by atoms with van der Waals surface area (Å²) in [6.45, 7) is 2.14. The van der Waals surface area contributed by atoms with Crippen molar-refractivity contribution in [3.05, 3.63) is 95.3 Å². The van der Waals surface area contributed by atoms with Crippen molar-refractivity contribution in [1.29, 1.82) is 0 Å². The first-order valence-corrected chi connectivity index (χ1v) is 13.0. The van der Waals surface area contributed by atoms with Gasteiger partial charge in [-0.05, 0) is 37.6 Å². The maximum absolute atomic E-state index is 16.3. The van der Waals surface area contributed by atoms with Crippen LogP contribution in [0, 0.1) is 5.82 Å². The van der Waals surface area contributed by atoms with Gasteiger partial charge in [-0.2, -0.15) is 5.01 Å². The second kappa shape index (κ2) is 12.2. The van der Waals surface area contributed by atoms with Gasteiger partial charge >= 0.3 is 0 Å². The Kier molecular flexibility index (Phi) is 8.94. The standard InChI is InChI=1S/C30H35F2N3O4/c1-21(38-3)28(36)35-30(17-10-19-33,22-11-5-4-6-12-22)39-27(34-35)24-14-9-13-23(26(24)31)25-15-7-8-16-29(25,32)18-20-37-2/h4-9,11-16,21,25H,10,17-20,33H2,1-3H3/t21-,25?,29+,30?/m0/s1. The number of carbonyl (C=O) groups excluding carboxylic acids is 1. The van der Waals surface area contributed by atoms with Gasteiger partial charge in [-0.15, -0.1) is 5.10 Å². The maximum Gasteiger partial charge on any atom is 0.275 e. The van der Waals surface area contributed by atoms with E-state index in [1.54, 1.807) is 37.3 Å². The van der Waals surface area contributed by atoms with Gasteiger partial charge in [0.15, 0.2) is 0 Å². The van der Waals surface area contributed by atoms with Gasteiger partial charge in [0.05, 0.1) is 5.56 Å². The van der Waals surface area contributed by atoms with Crippen LogP contribution in [0.5, 0.6) is 0 Å². The van der Waals surface area contributed by atoms with Crippen molar-refractivity contribution in [2.24, 2.45) is 10.8 Å². The van der Waals surface area contributed by atoms with Crippen LogP contribution in [0.3, 0.4) is 0 Å². The Labute approximate surface area is 227 Å². The maximum atomic E-state index is 16.3. The molecule has 2 aliphatic rings. The second-order valence-corrected chi connectivity index (χ2v) is 9.68. The Morgan fingerprint density at radius 3 is 2.62 bits per heavy atom. The summed E-state index contributed by atoms with van der Waals surface area (Å²) in [5, 5.41) is 5.75. The lowest BCUT2D eigenvalue weighted by Gasteiger charge is -2.36. The lowest BCUT2D eigenvalue weighted by atomic mass is 9.78. The Morgan fingerprint density at radius 1 is 1.15 bits per heavy atom. The molecule has 1 amide bonds. The molecule has 1 aliphatic heterocycles. The van der Waals surface area contributed by atoms with Crippen molar-refractivity contribution >= 4 is 11.8 Å². The smallest absolute Gasteiger partial charge is 0.275 e. The molecule has 4 rings (SSSR count). The molecule has 9 heteroatoms. The lowest BCUT2D eigenvalue weighted by Crippen LogP contribution is -2.48. The van der Waals surface area contributed by atoms with Gasteiger partial charge in [-0.1, -0.05) is 60.7 Å². The monoisotopic (exact) mass is 539 g/mol. The molecular formula is C30H35F2N3O4. The van der Waals surface area contributed by atoms with Crippen LogP contribution in [0.4, 0.5) is 8.78 Å². The number of alkyl halides is 1. The summed E-state index contributed by atoms with van der Waals surface area (Å²) in [7, 11) is 2.93. The average Bonchev–Trinajstić information content (AvgIpc) is 3.35. The topological polar surface area (TPSA) is 86.4 Å². The number of hydrogen-bond donors (Lipinski definition) is 1. The fraction of sp³-hybridized carbons (Fsp3) is 0.400. The third kappa shape index (κ3) is 5.52. The molecule has 1 aliphatic carbocycles. The fourth-order valence-corrected chi connectivity index (χ4v) is 5.00. The van der Waals surface area contributed by atoms with E-state index in [0.717, 1.165) is 0 Å². The van der Waals surface area contributed by atoms with Crippen molar-refractivity contribution in [2.75, 3.05) is 27.4 Å².